The first-order valence-corrected chi connectivity index (χ1v) is 9.51. The van der Waals surface area contributed by atoms with Crippen LogP contribution in [0.5, 0.6) is 5.75 Å². The van der Waals surface area contributed by atoms with Crippen LogP contribution in [0, 0.1) is 0 Å². The van der Waals surface area contributed by atoms with E-state index in [9.17, 15) is 4.79 Å². The normalized spacial score (nSPS) is 15.4. The van der Waals surface area contributed by atoms with E-state index in [-0.39, 0.29) is 5.91 Å². The number of amides is 1. The van der Waals surface area contributed by atoms with Crippen LogP contribution in [-0.2, 0) is 0 Å². The molecule has 27 heavy (non-hydrogen) atoms. The van der Waals surface area contributed by atoms with Gasteiger partial charge in [-0.25, -0.2) is 4.98 Å². The van der Waals surface area contributed by atoms with Crippen LogP contribution >= 0.6 is 0 Å². The average molecular weight is 368 g/mol. The predicted molar refractivity (Wildman–Crippen MR) is 109 cm³/mol. The first-order chi connectivity index (χ1) is 13.1. The lowest BCUT2D eigenvalue weighted by atomic mass is 10.2. The van der Waals surface area contributed by atoms with E-state index in [2.05, 4.69) is 41.2 Å². The van der Waals surface area contributed by atoms with Gasteiger partial charge < -0.3 is 19.9 Å². The quantitative estimate of drug-likeness (QED) is 0.848. The predicted octanol–water partition coefficient (Wildman–Crippen LogP) is 3.26. The molecule has 0 aliphatic carbocycles. The first kappa shape index (κ1) is 19.0. The van der Waals surface area contributed by atoms with Gasteiger partial charge in [0.05, 0.1) is 7.11 Å². The number of aromatic nitrogens is 1. The largest absolute Gasteiger partial charge is 0.497 e. The minimum absolute atomic E-state index is 0.0685. The van der Waals surface area contributed by atoms with Gasteiger partial charge in [0, 0.05) is 49.7 Å². The molecule has 1 aromatic carbocycles. The number of piperazine rings is 1. The van der Waals surface area contributed by atoms with Gasteiger partial charge in [-0.2, -0.15) is 0 Å². The third-order valence-electron chi connectivity index (χ3n) is 5.02. The average Bonchev–Trinajstić information content (AvgIpc) is 2.73. The van der Waals surface area contributed by atoms with Crippen LogP contribution in [0.4, 0.5) is 11.5 Å². The van der Waals surface area contributed by atoms with Crippen LogP contribution in [0.15, 0.2) is 42.6 Å². The summed E-state index contributed by atoms with van der Waals surface area (Å²) in [5.41, 5.74) is 1.85. The molecule has 144 valence electrons. The zero-order valence-corrected chi connectivity index (χ0v) is 16.3. The molecule has 1 aromatic heterocycles. The molecular formula is C21H28N4O2. The minimum atomic E-state index is 0.0685. The molecule has 1 fully saturated rings. The van der Waals surface area contributed by atoms with Crippen LogP contribution in [-0.4, -0.2) is 55.1 Å². The Labute approximate surface area is 161 Å². The van der Waals surface area contributed by atoms with E-state index in [0.717, 1.165) is 36.8 Å². The van der Waals surface area contributed by atoms with Gasteiger partial charge in [0.2, 0.25) is 0 Å². The zero-order valence-electron chi connectivity index (χ0n) is 16.3. The molecule has 1 aliphatic heterocycles. The monoisotopic (exact) mass is 368 g/mol. The number of carbonyl (C=O) groups is 1. The molecule has 1 unspecified atom stereocenters. The summed E-state index contributed by atoms with van der Waals surface area (Å²) < 4.78 is 5.21. The molecule has 0 saturated carbocycles. The fourth-order valence-electron chi connectivity index (χ4n) is 3.14. The topological polar surface area (TPSA) is 57.7 Å². The number of hydrogen-bond donors (Lipinski definition) is 1. The Kier molecular flexibility index (Phi) is 6.16. The lowest BCUT2D eigenvalue weighted by Crippen LogP contribution is -2.48. The molecule has 3 rings (SSSR count). The third-order valence-corrected chi connectivity index (χ3v) is 5.02. The number of carbonyl (C=O) groups excluding carboxylic acids is 1. The Morgan fingerprint density at radius 3 is 2.52 bits per heavy atom. The van der Waals surface area contributed by atoms with E-state index >= 15 is 0 Å². The summed E-state index contributed by atoms with van der Waals surface area (Å²) in [6, 6.07) is 12.0. The van der Waals surface area contributed by atoms with Crippen LogP contribution in [0.3, 0.4) is 0 Å². The van der Waals surface area contributed by atoms with E-state index in [1.54, 1.807) is 19.4 Å². The van der Waals surface area contributed by atoms with Gasteiger partial charge in [-0.05, 0) is 49.7 Å². The van der Waals surface area contributed by atoms with Gasteiger partial charge in [0.25, 0.3) is 5.91 Å². The van der Waals surface area contributed by atoms with Gasteiger partial charge in [-0.15, -0.1) is 0 Å². The Balaban J connectivity index is 1.60. The number of nitrogens with one attached hydrogen (secondary N) is 1. The molecule has 6 heteroatoms. The van der Waals surface area contributed by atoms with Gasteiger partial charge in [-0.1, -0.05) is 6.92 Å². The molecule has 2 heterocycles. The summed E-state index contributed by atoms with van der Waals surface area (Å²) in [6.07, 6.45) is 2.71. The molecule has 1 atom stereocenters. The van der Waals surface area contributed by atoms with Crippen LogP contribution < -0.4 is 15.0 Å². The van der Waals surface area contributed by atoms with Gasteiger partial charge in [0.1, 0.15) is 11.6 Å². The minimum Gasteiger partial charge on any atom is -0.497 e. The van der Waals surface area contributed by atoms with Crippen molar-refractivity contribution >= 4 is 17.4 Å². The summed E-state index contributed by atoms with van der Waals surface area (Å²) in [5, 5.41) is 3.33. The van der Waals surface area contributed by atoms with Gasteiger partial charge in [-0.3, -0.25) is 4.79 Å². The van der Waals surface area contributed by atoms with Crippen LogP contribution in [0.1, 0.15) is 30.6 Å². The second kappa shape index (κ2) is 8.75. The highest BCUT2D eigenvalue weighted by atomic mass is 16.5. The van der Waals surface area contributed by atoms with Gasteiger partial charge >= 0.3 is 0 Å². The molecular weight excluding hydrogens is 340 g/mol. The zero-order chi connectivity index (χ0) is 19.2. The number of hydrogen-bond acceptors (Lipinski definition) is 5. The van der Waals surface area contributed by atoms with Crippen molar-refractivity contribution in [2.75, 3.05) is 43.5 Å². The maximum Gasteiger partial charge on any atom is 0.254 e. The highest BCUT2D eigenvalue weighted by molar-refractivity contribution is 5.95. The Morgan fingerprint density at radius 2 is 1.89 bits per heavy atom. The maximum absolute atomic E-state index is 12.9. The number of ether oxygens (including phenoxy) is 1. The van der Waals surface area contributed by atoms with E-state index in [0.29, 0.717) is 24.7 Å². The lowest BCUT2D eigenvalue weighted by Gasteiger charge is -2.36. The molecule has 1 N–H and O–H groups in total. The molecule has 1 amide bonds. The lowest BCUT2D eigenvalue weighted by molar-refractivity contribution is 0.0746. The van der Waals surface area contributed by atoms with E-state index in [1.807, 2.05) is 23.1 Å². The highest BCUT2D eigenvalue weighted by Crippen LogP contribution is 2.21. The summed E-state index contributed by atoms with van der Waals surface area (Å²) in [4.78, 5) is 21.4. The van der Waals surface area contributed by atoms with Crippen molar-refractivity contribution in [1.29, 1.82) is 0 Å². The standard InChI is InChI=1S/C21H28N4O2/c1-4-16(2)23-20-15-17(9-10-22-20)21(26)25-13-11-24(12-14-25)18-5-7-19(27-3)8-6-18/h5-10,15-16H,4,11-14H2,1-3H3,(H,22,23). The van der Waals surface area contributed by atoms with Crippen LogP contribution in [0.2, 0.25) is 0 Å². The molecule has 0 bridgehead atoms. The molecule has 2 aromatic rings. The van der Waals surface area contributed by atoms with Crippen molar-refractivity contribution in [3.8, 4) is 5.75 Å². The summed E-state index contributed by atoms with van der Waals surface area (Å²) in [7, 11) is 1.67. The number of nitrogens with zero attached hydrogens (tertiary/aromatic N) is 3. The molecule has 0 radical (unpaired) electrons. The van der Waals surface area contributed by atoms with Crippen LogP contribution in [0.25, 0.3) is 0 Å². The van der Waals surface area contributed by atoms with E-state index < -0.39 is 0 Å². The number of rotatable bonds is 6. The summed E-state index contributed by atoms with van der Waals surface area (Å²) in [5.74, 6) is 1.68. The Morgan fingerprint density at radius 1 is 1.19 bits per heavy atom. The van der Waals surface area contributed by atoms with E-state index in [1.165, 1.54) is 0 Å². The number of pyridine rings is 1. The number of benzene rings is 1. The molecule has 1 saturated heterocycles. The van der Waals surface area contributed by atoms with E-state index in [4.69, 9.17) is 4.74 Å². The van der Waals surface area contributed by atoms with Crippen molar-refractivity contribution in [3.05, 3.63) is 48.2 Å². The van der Waals surface area contributed by atoms with Crippen molar-refractivity contribution in [2.24, 2.45) is 0 Å². The van der Waals surface area contributed by atoms with Crippen molar-refractivity contribution in [2.45, 2.75) is 26.3 Å². The Bertz CT molecular complexity index is 755. The third kappa shape index (κ3) is 4.70. The second-order valence-corrected chi connectivity index (χ2v) is 6.86. The van der Waals surface area contributed by atoms with Crippen molar-refractivity contribution < 1.29 is 9.53 Å². The summed E-state index contributed by atoms with van der Waals surface area (Å²) in [6.45, 7) is 7.29. The fraction of sp³-hybridized carbons (Fsp3) is 0.429. The SMILES string of the molecule is CCC(C)Nc1cc(C(=O)N2CCN(c3ccc(OC)cc3)CC2)ccn1. The fourth-order valence-corrected chi connectivity index (χ4v) is 3.14. The highest BCUT2D eigenvalue weighted by Gasteiger charge is 2.22. The second-order valence-electron chi connectivity index (χ2n) is 6.86. The summed E-state index contributed by atoms with van der Waals surface area (Å²) >= 11 is 0. The molecule has 6 nitrogen and oxygen atoms in total. The first-order valence-electron chi connectivity index (χ1n) is 9.51. The van der Waals surface area contributed by atoms with Gasteiger partial charge in [0.15, 0.2) is 0 Å². The number of anilines is 2. The smallest absolute Gasteiger partial charge is 0.254 e. The maximum atomic E-state index is 12.9. The molecule has 1 aliphatic rings. The van der Waals surface area contributed by atoms with Crippen molar-refractivity contribution in [1.82, 2.24) is 9.88 Å². The number of methoxy groups -OCH3 is 1. The Hall–Kier alpha value is -2.76. The molecule has 0 spiro atoms. The van der Waals surface area contributed by atoms with Crippen molar-refractivity contribution in [3.63, 3.8) is 0 Å².